The molecule has 3 rings (SSSR count). The molecular weight excluding hydrogens is 242 g/mol. The minimum Gasteiger partial charge on any atom is -0.502 e. The summed E-state index contributed by atoms with van der Waals surface area (Å²) in [4.78, 5) is 10.5. The molecule has 4 heteroatoms. The van der Waals surface area contributed by atoms with Gasteiger partial charge in [0.25, 0.3) is 0 Å². The topological polar surface area (TPSA) is 63.4 Å². The van der Waals surface area contributed by atoms with Crippen LogP contribution in [0.15, 0.2) is 18.2 Å². The Bertz CT molecular complexity index is 514. The third-order valence-corrected chi connectivity index (χ3v) is 5.13. The summed E-state index contributed by atoms with van der Waals surface area (Å²) in [5, 5.41) is 20.6. The first-order valence-corrected chi connectivity index (χ1v) is 7.11. The van der Waals surface area contributed by atoms with E-state index in [1.54, 1.807) is 6.07 Å². The van der Waals surface area contributed by atoms with Crippen LogP contribution in [0.1, 0.15) is 50.5 Å². The lowest BCUT2D eigenvalue weighted by Crippen LogP contribution is -2.33. The highest BCUT2D eigenvalue weighted by Gasteiger charge is 2.45. The minimum absolute atomic E-state index is 0.136. The fourth-order valence-corrected chi connectivity index (χ4v) is 4.23. The summed E-state index contributed by atoms with van der Waals surface area (Å²) in [6.45, 7) is 0. The van der Waals surface area contributed by atoms with Gasteiger partial charge in [0.05, 0.1) is 4.92 Å². The Hall–Kier alpha value is -1.58. The van der Waals surface area contributed by atoms with Crippen molar-refractivity contribution in [3.05, 3.63) is 33.9 Å². The van der Waals surface area contributed by atoms with E-state index in [1.165, 1.54) is 38.2 Å². The smallest absolute Gasteiger partial charge is 0.310 e. The fraction of sp³-hybridized carbons (Fsp3) is 0.600. The number of rotatable bonds is 2. The first-order valence-electron chi connectivity index (χ1n) is 7.11. The van der Waals surface area contributed by atoms with E-state index in [0.717, 1.165) is 18.4 Å². The van der Waals surface area contributed by atoms with Crippen molar-refractivity contribution in [3.8, 4) is 5.75 Å². The van der Waals surface area contributed by atoms with Gasteiger partial charge >= 0.3 is 5.69 Å². The Balaban J connectivity index is 2.05. The third-order valence-electron chi connectivity index (χ3n) is 5.13. The van der Waals surface area contributed by atoms with Gasteiger partial charge in [-0.2, -0.15) is 0 Å². The van der Waals surface area contributed by atoms with Crippen LogP contribution in [0, 0.1) is 16.0 Å². The second-order valence-corrected chi connectivity index (χ2v) is 5.95. The summed E-state index contributed by atoms with van der Waals surface area (Å²) in [5.41, 5.74) is 1.05. The third kappa shape index (κ3) is 1.90. The Morgan fingerprint density at radius 1 is 1.21 bits per heavy atom. The standard InChI is InChI=1S/C15H19NO3/c17-14-7-6-12(10-13(14)16(18)19)15-8-2-1-4-11(15)5-3-9-15/h6-7,10-11,17H,1-5,8-9H2. The predicted molar refractivity (Wildman–Crippen MR) is 72.2 cm³/mol. The van der Waals surface area contributed by atoms with E-state index in [4.69, 9.17) is 0 Å². The molecule has 4 nitrogen and oxygen atoms in total. The zero-order chi connectivity index (χ0) is 13.5. The molecule has 2 fully saturated rings. The number of nitro groups is 1. The van der Waals surface area contributed by atoms with Gasteiger partial charge in [0.15, 0.2) is 5.75 Å². The van der Waals surface area contributed by atoms with Crippen LogP contribution in [0.5, 0.6) is 5.75 Å². The molecule has 1 aromatic carbocycles. The van der Waals surface area contributed by atoms with Crippen LogP contribution in [-0.2, 0) is 5.41 Å². The number of nitro benzene ring substituents is 1. The molecule has 0 saturated heterocycles. The molecule has 0 aromatic heterocycles. The summed E-state index contributed by atoms with van der Waals surface area (Å²) in [6, 6.07) is 5.00. The van der Waals surface area contributed by atoms with Crippen molar-refractivity contribution in [2.24, 2.45) is 5.92 Å². The van der Waals surface area contributed by atoms with Crippen LogP contribution in [0.25, 0.3) is 0 Å². The maximum Gasteiger partial charge on any atom is 0.310 e. The number of phenolic OH excluding ortho intramolecular Hbond substituents is 1. The van der Waals surface area contributed by atoms with Crippen LogP contribution in [-0.4, -0.2) is 10.0 Å². The van der Waals surface area contributed by atoms with Crippen molar-refractivity contribution in [3.63, 3.8) is 0 Å². The van der Waals surface area contributed by atoms with Crippen LogP contribution in [0.2, 0.25) is 0 Å². The molecule has 0 bridgehead atoms. The lowest BCUT2D eigenvalue weighted by atomic mass is 9.64. The highest BCUT2D eigenvalue weighted by atomic mass is 16.6. The minimum atomic E-state index is -0.484. The average molecular weight is 261 g/mol. The maximum atomic E-state index is 11.0. The molecule has 19 heavy (non-hydrogen) atoms. The van der Waals surface area contributed by atoms with E-state index in [-0.39, 0.29) is 16.9 Å². The lowest BCUT2D eigenvalue weighted by Gasteiger charge is -2.40. The van der Waals surface area contributed by atoms with Gasteiger partial charge in [-0.05, 0) is 48.6 Å². The molecule has 2 saturated carbocycles. The van der Waals surface area contributed by atoms with Crippen molar-refractivity contribution in [1.82, 2.24) is 0 Å². The van der Waals surface area contributed by atoms with E-state index >= 15 is 0 Å². The number of hydrogen-bond acceptors (Lipinski definition) is 3. The molecule has 0 aliphatic heterocycles. The van der Waals surface area contributed by atoms with Gasteiger partial charge in [0.2, 0.25) is 0 Å². The number of nitrogens with zero attached hydrogens (tertiary/aromatic N) is 1. The van der Waals surface area contributed by atoms with Gasteiger partial charge in [-0.1, -0.05) is 25.3 Å². The Kier molecular flexibility index (Phi) is 2.96. The van der Waals surface area contributed by atoms with Gasteiger partial charge in [-0.3, -0.25) is 10.1 Å². The van der Waals surface area contributed by atoms with Crippen molar-refractivity contribution in [1.29, 1.82) is 0 Å². The molecular formula is C15H19NO3. The number of benzene rings is 1. The highest BCUT2D eigenvalue weighted by molar-refractivity contribution is 5.50. The number of aromatic hydroxyl groups is 1. The normalized spacial score (nSPS) is 30.0. The van der Waals surface area contributed by atoms with E-state index in [1.807, 2.05) is 6.07 Å². The van der Waals surface area contributed by atoms with Crippen molar-refractivity contribution in [2.75, 3.05) is 0 Å². The second kappa shape index (κ2) is 4.51. The summed E-state index contributed by atoms with van der Waals surface area (Å²) in [7, 11) is 0. The zero-order valence-corrected chi connectivity index (χ0v) is 11.0. The van der Waals surface area contributed by atoms with Gasteiger partial charge in [-0.15, -0.1) is 0 Å². The molecule has 2 aliphatic rings. The summed E-state index contributed by atoms with van der Waals surface area (Å²) in [6.07, 6.45) is 8.49. The Labute approximate surface area is 112 Å². The average Bonchev–Trinajstić information content (AvgIpc) is 2.83. The molecule has 0 spiro atoms. The Morgan fingerprint density at radius 3 is 2.74 bits per heavy atom. The summed E-state index contributed by atoms with van der Waals surface area (Å²) in [5.74, 6) is 0.445. The van der Waals surface area contributed by atoms with Crippen molar-refractivity contribution >= 4 is 5.69 Å². The van der Waals surface area contributed by atoms with E-state index < -0.39 is 4.92 Å². The van der Waals surface area contributed by atoms with Crippen molar-refractivity contribution in [2.45, 2.75) is 50.4 Å². The molecule has 0 heterocycles. The Morgan fingerprint density at radius 2 is 1.95 bits per heavy atom. The fourth-order valence-electron chi connectivity index (χ4n) is 4.23. The second-order valence-electron chi connectivity index (χ2n) is 5.95. The van der Waals surface area contributed by atoms with Gasteiger partial charge in [-0.25, -0.2) is 0 Å². The highest BCUT2D eigenvalue weighted by Crippen LogP contribution is 2.54. The van der Waals surface area contributed by atoms with Crippen molar-refractivity contribution < 1.29 is 10.0 Å². The lowest BCUT2D eigenvalue weighted by molar-refractivity contribution is -0.386. The van der Waals surface area contributed by atoms with Crippen LogP contribution >= 0.6 is 0 Å². The quantitative estimate of drug-likeness (QED) is 0.648. The van der Waals surface area contributed by atoms with E-state index in [9.17, 15) is 15.2 Å². The molecule has 2 unspecified atom stereocenters. The maximum absolute atomic E-state index is 11.0. The zero-order valence-electron chi connectivity index (χ0n) is 11.0. The van der Waals surface area contributed by atoms with E-state index in [2.05, 4.69) is 0 Å². The van der Waals surface area contributed by atoms with Crippen LogP contribution in [0.3, 0.4) is 0 Å². The molecule has 0 amide bonds. The van der Waals surface area contributed by atoms with Gasteiger partial charge in [0.1, 0.15) is 0 Å². The number of fused-ring (bicyclic) bond motifs is 1. The molecule has 0 radical (unpaired) electrons. The molecule has 2 atom stereocenters. The molecule has 102 valence electrons. The molecule has 2 aliphatic carbocycles. The first-order chi connectivity index (χ1) is 9.13. The predicted octanol–water partition coefficient (Wildman–Crippen LogP) is 3.91. The van der Waals surface area contributed by atoms with Gasteiger partial charge < -0.3 is 5.11 Å². The van der Waals surface area contributed by atoms with E-state index in [0.29, 0.717) is 5.92 Å². The SMILES string of the molecule is O=[N+]([O-])c1cc(C23CCCCC2CCC3)ccc1O. The van der Waals surface area contributed by atoms with Gasteiger partial charge in [0, 0.05) is 6.07 Å². The largest absolute Gasteiger partial charge is 0.502 e. The monoisotopic (exact) mass is 261 g/mol. The first kappa shape index (κ1) is 12.5. The van der Waals surface area contributed by atoms with Crippen LogP contribution in [0.4, 0.5) is 5.69 Å². The van der Waals surface area contributed by atoms with Crippen LogP contribution < -0.4 is 0 Å². The molecule has 1 aromatic rings. The summed E-state index contributed by atoms with van der Waals surface area (Å²) < 4.78 is 0. The summed E-state index contributed by atoms with van der Waals surface area (Å²) >= 11 is 0. The number of hydrogen-bond donors (Lipinski definition) is 1. The molecule has 1 N–H and O–H groups in total. The number of phenols is 1.